The third kappa shape index (κ3) is 3.70. The number of aliphatic hydroxyl groups is 1. The van der Waals surface area contributed by atoms with Gasteiger partial charge < -0.3 is 10.1 Å². The monoisotopic (exact) mass is 462 g/mol. The predicted molar refractivity (Wildman–Crippen MR) is 134 cm³/mol. The lowest BCUT2D eigenvalue weighted by Crippen LogP contribution is -2.16. The van der Waals surface area contributed by atoms with Crippen LogP contribution in [0.25, 0.3) is 39.3 Å². The molecule has 1 heterocycles. The van der Waals surface area contributed by atoms with E-state index < -0.39 is 5.60 Å². The lowest BCUT2D eigenvalue weighted by Gasteiger charge is -2.19. The average Bonchev–Trinajstić information content (AvgIpc) is 3.26. The molecule has 1 aromatic heterocycles. The molecule has 1 unspecified atom stereocenters. The fourth-order valence-electron chi connectivity index (χ4n) is 4.42. The summed E-state index contributed by atoms with van der Waals surface area (Å²) in [6, 6.07) is 15.1. The Morgan fingerprint density at radius 1 is 1.12 bits per heavy atom. The van der Waals surface area contributed by atoms with E-state index in [9.17, 15) is 15.6 Å². The Bertz CT molecular complexity index is 1630. The fourth-order valence-corrected chi connectivity index (χ4v) is 4.59. The summed E-state index contributed by atoms with van der Waals surface area (Å²) in [5.74, 6) is 6.52. The largest absolute Gasteiger partial charge is 0.378 e. The second-order valence-electron chi connectivity index (χ2n) is 8.84. The van der Waals surface area contributed by atoms with Crippen molar-refractivity contribution in [1.82, 2.24) is 9.97 Å². The quantitative estimate of drug-likeness (QED) is 0.352. The molecule has 0 fully saturated rings. The number of aromatic nitrogens is 2. The highest BCUT2D eigenvalue weighted by atomic mass is 35.5. The van der Waals surface area contributed by atoms with Gasteiger partial charge in [0.05, 0.1) is 39.9 Å². The van der Waals surface area contributed by atoms with Crippen molar-refractivity contribution in [2.24, 2.45) is 5.92 Å². The average molecular weight is 463 g/mol. The normalized spacial score (nSPS) is 14.8. The van der Waals surface area contributed by atoms with Crippen LogP contribution in [-0.2, 0) is 6.42 Å². The van der Waals surface area contributed by atoms with Gasteiger partial charge in [0.2, 0.25) is 0 Å². The van der Waals surface area contributed by atoms with Gasteiger partial charge in [-0.25, -0.2) is 4.98 Å². The first-order chi connectivity index (χ1) is 16.3. The van der Waals surface area contributed by atoms with Crippen LogP contribution in [0.1, 0.15) is 36.1 Å². The van der Waals surface area contributed by atoms with E-state index in [1.54, 1.807) is 32.0 Å². The van der Waals surface area contributed by atoms with Crippen LogP contribution in [0.2, 0.25) is 5.02 Å². The number of fused-ring (bicyclic) bond motifs is 6. The number of aromatic amines is 1. The summed E-state index contributed by atoms with van der Waals surface area (Å²) in [6.45, 7) is 3.33. The van der Waals surface area contributed by atoms with E-state index in [-0.39, 0.29) is 5.92 Å². The Labute approximate surface area is 201 Å². The summed E-state index contributed by atoms with van der Waals surface area (Å²) in [5.41, 5.74) is 3.87. The molecule has 34 heavy (non-hydrogen) atoms. The van der Waals surface area contributed by atoms with Crippen LogP contribution in [-0.4, -0.2) is 20.7 Å². The zero-order valence-corrected chi connectivity index (χ0v) is 19.3. The molecule has 4 aromatic rings. The molecule has 3 aromatic carbocycles. The van der Waals surface area contributed by atoms with E-state index in [2.05, 4.69) is 29.0 Å². The Morgan fingerprint density at radius 2 is 1.85 bits per heavy atom. The van der Waals surface area contributed by atoms with Gasteiger partial charge in [-0.3, -0.25) is 0 Å². The number of hydrogen-bond donors (Lipinski definition) is 2. The van der Waals surface area contributed by atoms with Crippen molar-refractivity contribution >= 4 is 39.5 Å². The third-order valence-corrected chi connectivity index (χ3v) is 6.12. The van der Waals surface area contributed by atoms with Crippen molar-refractivity contribution in [3.05, 3.63) is 69.8 Å². The van der Waals surface area contributed by atoms with Crippen LogP contribution in [0, 0.1) is 40.4 Å². The maximum atomic E-state index is 10.0. The molecule has 5 nitrogen and oxygen atoms in total. The number of H-pyrrole nitrogens is 1. The number of imidazole rings is 1. The molecule has 0 amide bonds. The summed E-state index contributed by atoms with van der Waals surface area (Å²) in [7, 11) is 0. The molecule has 5 rings (SSSR count). The summed E-state index contributed by atoms with van der Waals surface area (Å²) in [6.07, 6.45) is 4.71. The molecule has 0 saturated heterocycles. The van der Waals surface area contributed by atoms with Crippen LogP contribution >= 0.6 is 11.6 Å². The van der Waals surface area contributed by atoms with Crippen molar-refractivity contribution in [2.45, 2.75) is 25.9 Å². The number of hydrogen-bond acceptors (Lipinski definition) is 4. The van der Waals surface area contributed by atoms with E-state index in [0.29, 0.717) is 34.0 Å². The van der Waals surface area contributed by atoms with Gasteiger partial charge in [-0.15, -0.1) is 0 Å². The fraction of sp³-hybridized carbons (Fsp3) is 0.179. The molecule has 6 heteroatoms. The van der Waals surface area contributed by atoms with Crippen LogP contribution < -0.4 is 0 Å². The van der Waals surface area contributed by atoms with Gasteiger partial charge in [0, 0.05) is 21.9 Å². The van der Waals surface area contributed by atoms with Gasteiger partial charge in [-0.1, -0.05) is 47.7 Å². The van der Waals surface area contributed by atoms with Gasteiger partial charge in [-0.05, 0) is 55.5 Å². The van der Waals surface area contributed by atoms with Crippen LogP contribution in [0.4, 0.5) is 0 Å². The first-order valence-corrected chi connectivity index (χ1v) is 11.2. The molecule has 1 aliphatic carbocycles. The number of halogens is 1. The summed E-state index contributed by atoms with van der Waals surface area (Å²) in [4.78, 5) is 8.25. The van der Waals surface area contributed by atoms with Gasteiger partial charge in [-0.2, -0.15) is 10.5 Å². The zero-order chi connectivity index (χ0) is 24.0. The standard InChI is InChI=1S/C28H19ClN4O/c1-28(2,34)11-10-16-6-8-20-22(12-16)23-13-19(29)7-9-21(23)26-25(20)32-27(33-26)24-17(14-30)4-3-5-18(24)15-31/h3-9,13,16,34H,12H2,1-2H3,(H,32,33). The molecule has 1 atom stereocenters. The first kappa shape index (κ1) is 21.7. The van der Waals surface area contributed by atoms with Gasteiger partial charge >= 0.3 is 0 Å². The van der Waals surface area contributed by atoms with Crippen molar-refractivity contribution in [3.63, 3.8) is 0 Å². The Morgan fingerprint density at radius 3 is 2.53 bits per heavy atom. The lowest BCUT2D eigenvalue weighted by atomic mass is 9.85. The smallest absolute Gasteiger partial charge is 0.141 e. The number of rotatable bonds is 1. The summed E-state index contributed by atoms with van der Waals surface area (Å²) < 4.78 is 0. The second-order valence-corrected chi connectivity index (χ2v) is 9.28. The molecule has 2 N–H and O–H groups in total. The summed E-state index contributed by atoms with van der Waals surface area (Å²) in [5, 5.41) is 31.9. The lowest BCUT2D eigenvalue weighted by molar-refractivity contribution is 0.143. The zero-order valence-electron chi connectivity index (χ0n) is 18.6. The molecule has 0 saturated carbocycles. The van der Waals surface area contributed by atoms with Crippen molar-refractivity contribution in [2.75, 3.05) is 0 Å². The Balaban J connectivity index is 1.79. The van der Waals surface area contributed by atoms with Crippen LogP contribution in [0.3, 0.4) is 0 Å². The van der Waals surface area contributed by atoms with E-state index in [4.69, 9.17) is 16.6 Å². The SMILES string of the molecule is CC(C)(O)C#CC1C=Cc2c(c3cc(Cl)ccc3c3nc(-c4c(C#N)cccc4C#N)[nH]c23)C1. The van der Waals surface area contributed by atoms with Gasteiger partial charge in [0.15, 0.2) is 0 Å². The maximum absolute atomic E-state index is 10.0. The first-order valence-electron chi connectivity index (χ1n) is 10.8. The number of benzene rings is 3. The van der Waals surface area contributed by atoms with Gasteiger partial charge in [0.1, 0.15) is 11.4 Å². The third-order valence-electron chi connectivity index (χ3n) is 5.88. The molecule has 0 aliphatic heterocycles. The number of nitrogens with zero attached hydrogens (tertiary/aromatic N) is 3. The molecule has 0 radical (unpaired) electrons. The predicted octanol–water partition coefficient (Wildman–Crippen LogP) is 5.74. The van der Waals surface area contributed by atoms with Crippen LogP contribution in [0.5, 0.6) is 0 Å². The minimum Gasteiger partial charge on any atom is -0.378 e. The minimum absolute atomic E-state index is 0.0505. The number of nitrogens with one attached hydrogen (secondary N) is 1. The molecular formula is C28H19ClN4O. The second kappa shape index (κ2) is 8.05. The maximum Gasteiger partial charge on any atom is 0.141 e. The van der Waals surface area contributed by atoms with E-state index in [0.717, 1.165) is 32.9 Å². The van der Waals surface area contributed by atoms with E-state index in [1.165, 1.54) is 0 Å². The number of nitriles is 2. The molecule has 0 bridgehead atoms. The minimum atomic E-state index is -1.06. The van der Waals surface area contributed by atoms with Gasteiger partial charge in [0.25, 0.3) is 0 Å². The van der Waals surface area contributed by atoms with Crippen molar-refractivity contribution in [3.8, 4) is 35.4 Å². The Hall–Kier alpha value is -4.08. The summed E-state index contributed by atoms with van der Waals surface area (Å²) >= 11 is 6.37. The van der Waals surface area contributed by atoms with Crippen molar-refractivity contribution in [1.29, 1.82) is 10.5 Å². The Kier molecular flexibility index (Phi) is 5.15. The van der Waals surface area contributed by atoms with Crippen molar-refractivity contribution < 1.29 is 5.11 Å². The molecular weight excluding hydrogens is 444 g/mol. The molecule has 1 aliphatic rings. The highest BCUT2D eigenvalue weighted by molar-refractivity contribution is 6.31. The van der Waals surface area contributed by atoms with E-state index >= 15 is 0 Å². The molecule has 0 spiro atoms. The molecule has 164 valence electrons. The highest BCUT2D eigenvalue weighted by Gasteiger charge is 2.23. The highest BCUT2D eigenvalue weighted by Crippen LogP contribution is 2.39. The van der Waals surface area contributed by atoms with E-state index in [1.807, 2.05) is 30.4 Å². The topological polar surface area (TPSA) is 96.5 Å². The number of allylic oxidation sites excluding steroid dienone is 1. The van der Waals surface area contributed by atoms with Crippen LogP contribution in [0.15, 0.2) is 42.5 Å².